The number of hydrogen-bond donors (Lipinski definition) is 6. The van der Waals surface area contributed by atoms with Crippen molar-refractivity contribution >= 4 is 18.1 Å². The second kappa shape index (κ2) is 12.8. The predicted octanol–water partition coefficient (Wildman–Crippen LogP) is 2.03. The molecule has 0 aliphatic carbocycles. The fourth-order valence-corrected chi connectivity index (χ4v) is 4.09. The lowest BCUT2D eigenvalue weighted by molar-refractivity contribution is -0.277. The van der Waals surface area contributed by atoms with Gasteiger partial charge in [0.15, 0.2) is 11.5 Å². The van der Waals surface area contributed by atoms with Gasteiger partial charge in [0.25, 0.3) is 0 Å². The maximum absolute atomic E-state index is 12.7. The van der Waals surface area contributed by atoms with Crippen LogP contribution >= 0.6 is 0 Å². The van der Waals surface area contributed by atoms with Gasteiger partial charge in [-0.3, -0.25) is 0 Å². The highest BCUT2D eigenvalue weighted by molar-refractivity contribution is 5.91. The summed E-state index contributed by atoms with van der Waals surface area (Å²) in [5, 5.41) is 61.0. The minimum absolute atomic E-state index is 0.0252. The molecule has 5 atom stereocenters. The van der Waals surface area contributed by atoms with Crippen LogP contribution in [0, 0.1) is 0 Å². The van der Waals surface area contributed by atoms with Crippen molar-refractivity contribution in [2.75, 3.05) is 20.8 Å². The highest BCUT2D eigenvalue weighted by atomic mass is 16.7. The number of methoxy groups -OCH3 is 2. The maximum Gasteiger partial charge on any atom is 0.338 e. The first-order valence-electron chi connectivity index (χ1n) is 12.4. The van der Waals surface area contributed by atoms with Crippen molar-refractivity contribution < 1.29 is 59.1 Å². The minimum Gasteiger partial charge on any atom is -0.508 e. The van der Waals surface area contributed by atoms with Crippen LogP contribution in [0.25, 0.3) is 12.2 Å². The molecule has 218 valence electrons. The molecule has 0 amide bonds. The van der Waals surface area contributed by atoms with Gasteiger partial charge in [0, 0.05) is 6.07 Å². The van der Waals surface area contributed by atoms with Gasteiger partial charge in [-0.1, -0.05) is 24.3 Å². The summed E-state index contributed by atoms with van der Waals surface area (Å²) in [6, 6.07) is 13.2. The summed E-state index contributed by atoms with van der Waals surface area (Å²) in [5.41, 5.74) is 1.30. The Morgan fingerprint density at radius 2 is 1.44 bits per heavy atom. The number of hydrogen-bond acceptors (Lipinski definition) is 12. The molecule has 3 aromatic rings. The third kappa shape index (κ3) is 6.99. The SMILES string of the molecule is COc1cc(C(=O)OCC2OC(Oc3cc(O)cc(C=Cc4ccc(O)cc4)c3)C(O)C(O)C2O)cc(OC)c1O. The molecule has 0 saturated carbocycles. The molecule has 0 bridgehead atoms. The molecule has 6 N–H and O–H groups in total. The zero-order chi connectivity index (χ0) is 29.7. The van der Waals surface area contributed by atoms with E-state index >= 15 is 0 Å². The predicted molar refractivity (Wildman–Crippen MR) is 144 cm³/mol. The van der Waals surface area contributed by atoms with Crippen LogP contribution in [0.2, 0.25) is 0 Å². The van der Waals surface area contributed by atoms with Crippen LogP contribution in [0.15, 0.2) is 54.6 Å². The average molecular weight is 571 g/mol. The average Bonchev–Trinajstić information content (AvgIpc) is 2.96. The number of benzene rings is 3. The first kappa shape index (κ1) is 29.5. The van der Waals surface area contributed by atoms with Gasteiger partial charge in [-0.25, -0.2) is 4.79 Å². The number of phenols is 3. The monoisotopic (exact) mass is 570 g/mol. The fraction of sp³-hybridized carbons (Fsp3) is 0.276. The van der Waals surface area contributed by atoms with E-state index in [9.17, 15) is 35.4 Å². The van der Waals surface area contributed by atoms with Crippen molar-refractivity contribution in [3.63, 3.8) is 0 Å². The Balaban J connectivity index is 1.45. The standard InChI is InChI=1S/C29H30O12/c1-37-21-11-17(12-22(38-2)24(21)32)28(36)39-14-23-25(33)26(34)27(35)29(41-23)40-20-10-16(9-19(31)13-20)4-3-15-5-7-18(30)8-6-15/h3-13,23,25-27,29-35H,14H2,1-2H3. The van der Waals surface area contributed by atoms with Crippen LogP contribution in [0.3, 0.4) is 0 Å². The maximum atomic E-state index is 12.7. The molecule has 1 aliphatic heterocycles. The fourth-order valence-electron chi connectivity index (χ4n) is 4.09. The van der Waals surface area contributed by atoms with E-state index < -0.39 is 43.3 Å². The first-order valence-corrected chi connectivity index (χ1v) is 12.4. The second-order valence-electron chi connectivity index (χ2n) is 9.15. The minimum atomic E-state index is -1.71. The Labute approximate surface area is 234 Å². The molecule has 12 nitrogen and oxygen atoms in total. The van der Waals surface area contributed by atoms with E-state index in [-0.39, 0.29) is 40.1 Å². The summed E-state index contributed by atoms with van der Waals surface area (Å²) in [6.07, 6.45) is -4.39. The van der Waals surface area contributed by atoms with Crippen molar-refractivity contribution in [2.24, 2.45) is 0 Å². The number of aromatic hydroxyl groups is 3. The van der Waals surface area contributed by atoms with Gasteiger partial charge in [0.05, 0.1) is 19.8 Å². The highest BCUT2D eigenvalue weighted by Crippen LogP contribution is 2.37. The Kier molecular flexibility index (Phi) is 9.20. The molecule has 4 rings (SSSR count). The number of ether oxygens (including phenoxy) is 5. The Morgan fingerprint density at radius 1 is 0.805 bits per heavy atom. The van der Waals surface area contributed by atoms with E-state index in [0.717, 1.165) is 5.56 Å². The van der Waals surface area contributed by atoms with Gasteiger partial charge in [-0.15, -0.1) is 0 Å². The van der Waals surface area contributed by atoms with Gasteiger partial charge in [-0.2, -0.15) is 0 Å². The van der Waals surface area contributed by atoms with Crippen LogP contribution < -0.4 is 14.2 Å². The van der Waals surface area contributed by atoms with Gasteiger partial charge in [0.1, 0.15) is 48.3 Å². The lowest BCUT2D eigenvalue weighted by atomic mass is 9.99. The largest absolute Gasteiger partial charge is 0.508 e. The molecular weight excluding hydrogens is 540 g/mol. The molecule has 0 radical (unpaired) electrons. The van der Waals surface area contributed by atoms with Crippen molar-refractivity contribution in [2.45, 2.75) is 30.7 Å². The summed E-state index contributed by atoms with van der Waals surface area (Å²) < 4.78 is 26.6. The third-order valence-electron chi connectivity index (χ3n) is 6.29. The summed E-state index contributed by atoms with van der Waals surface area (Å²) >= 11 is 0. The number of esters is 1. The molecule has 3 aromatic carbocycles. The lowest BCUT2D eigenvalue weighted by Gasteiger charge is -2.39. The van der Waals surface area contributed by atoms with Crippen LogP contribution in [0.1, 0.15) is 21.5 Å². The zero-order valence-corrected chi connectivity index (χ0v) is 22.1. The number of carbonyl (C=O) groups is 1. The molecule has 1 saturated heterocycles. The molecule has 5 unspecified atom stereocenters. The van der Waals surface area contributed by atoms with Gasteiger partial charge in [-0.05, 0) is 47.5 Å². The van der Waals surface area contributed by atoms with Crippen LogP contribution in [-0.2, 0) is 9.47 Å². The summed E-state index contributed by atoms with van der Waals surface area (Å²) in [4.78, 5) is 12.7. The number of carbonyl (C=O) groups excluding carboxylic acids is 1. The van der Waals surface area contributed by atoms with Crippen LogP contribution in [-0.4, -0.2) is 88.1 Å². The number of aliphatic hydroxyl groups excluding tert-OH is 3. The zero-order valence-electron chi connectivity index (χ0n) is 22.1. The molecule has 0 spiro atoms. The van der Waals surface area contributed by atoms with Crippen molar-refractivity contribution in [3.05, 3.63) is 71.3 Å². The molecular formula is C29H30O12. The number of rotatable bonds is 9. The van der Waals surface area contributed by atoms with Gasteiger partial charge >= 0.3 is 5.97 Å². The van der Waals surface area contributed by atoms with Crippen molar-refractivity contribution in [3.8, 4) is 34.5 Å². The Hall–Kier alpha value is -4.49. The van der Waals surface area contributed by atoms with E-state index in [1.165, 1.54) is 50.6 Å². The summed E-state index contributed by atoms with van der Waals surface area (Å²) in [6.45, 7) is -0.532. The van der Waals surface area contributed by atoms with E-state index in [1.807, 2.05) is 0 Å². The molecule has 12 heteroatoms. The molecule has 1 fully saturated rings. The Morgan fingerprint density at radius 3 is 2.07 bits per heavy atom. The first-order chi connectivity index (χ1) is 19.6. The van der Waals surface area contributed by atoms with E-state index in [1.54, 1.807) is 30.4 Å². The van der Waals surface area contributed by atoms with Crippen molar-refractivity contribution in [1.29, 1.82) is 0 Å². The Bertz CT molecular complexity index is 1360. The van der Waals surface area contributed by atoms with Crippen LogP contribution in [0.5, 0.6) is 34.5 Å². The summed E-state index contributed by atoms with van der Waals surface area (Å²) in [7, 11) is 2.59. The lowest BCUT2D eigenvalue weighted by Crippen LogP contribution is -2.60. The molecule has 1 heterocycles. The van der Waals surface area contributed by atoms with Crippen LogP contribution in [0.4, 0.5) is 0 Å². The van der Waals surface area contributed by atoms with E-state index in [2.05, 4.69) is 0 Å². The number of aliphatic hydroxyl groups is 3. The van der Waals surface area contributed by atoms with E-state index in [0.29, 0.717) is 5.56 Å². The molecule has 0 aromatic heterocycles. The summed E-state index contributed by atoms with van der Waals surface area (Å²) in [5.74, 6) is -1.16. The van der Waals surface area contributed by atoms with Gasteiger partial charge in [0.2, 0.25) is 12.0 Å². The van der Waals surface area contributed by atoms with Gasteiger partial charge < -0.3 is 54.3 Å². The van der Waals surface area contributed by atoms with Crippen molar-refractivity contribution in [1.82, 2.24) is 0 Å². The normalized spacial score (nSPS) is 22.3. The molecule has 1 aliphatic rings. The molecule has 41 heavy (non-hydrogen) atoms. The topological polar surface area (TPSA) is 185 Å². The van der Waals surface area contributed by atoms with E-state index in [4.69, 9.17) is 23.7 Å². The smallest absolute Gasteiger partial charge is 0.338 e. The highest BCUT2D eigenvalue weighted by Gasteiger charge is 2.45. The quantitative estimate of drug-likeness (QED) is 0.163. The number of phenolic OH excluding ortho intramolecular Hbond substituents is 3. The third-order valence-corrected chi connectivity index (χ3v) is 6.29. The second-order valence-corrected chi connectivity index (χ2v) is 9.15.